The summed E-state index contributed by atoms with van der Waals surface area (Å²) >= 11 is 7.58. The fourth-order valence-electron chi connectivity index (χ4n) is 4.19. The van der Waals surface area contributed by atoms with Gasteiger partial charge in [-0.25, -0.2) is 0 Å². The van der Waals surface area contributed by atoms with Gasteiger partial charge in [0.1, 0.15) is 11.8 Å². The number of ether oxygens (including phenoxy) is 1. The maximum atomic E-state index is 13.4. The zero-order valence-electron chi connectivity index (χ0n) is 19.4. The van der Waals surface area contributed by atoms with Gasteiger partial charge in [-0.3, -0.25) is 9.59 Å². The first-order chi connectivity index (χ1) is 16.0. The van der Waals surface area contributed by atoms with Crippen molar-refractivity contribution in [3.05, 3.63) is 59.1 Å². The normalized spacial score (nSPS) is 14.6. The van der Waals surface area contributed by atoms with E-state index >= 15 is 0 Å². The van der Waals surface area contributed by atoms with Crippen molar-refractivity contribution in [1.82, 2.24) is 10.2 Å². The van der Waals surface area contributed by atoms with Crippen molar-refractivity contribution >= 4 is 35.2 Å². The number of nitrogens with one attached hydrogen (secondary N) is 1. The Hall–Kier alpha value is -2.18. The number of methoxy groups -OCH3 is 1. The van der Waals surface area contributed by atoms with E-state index in [4.69, 9.17) is 16.3 Å². The van der Waals surface area contributed by atoms with E-state index in [9.17, 15) is 9.59 Å². The molecule has 1 saturated carbocycles. The first-order valence-corrected chi connectivity index (χ1v) is 13.0. The van der Waals surface area contributed by atoms with Crippen molar-refractivity contribution in [3.63, 3.8) is 0 Å². The molecule has 1 fully saturated rings. The largest absolute Gasteiger partial charge is 0.497 e. The van der Waals surface area contributed by atoms with Crippen LogP contribution in [0.1, 0.15) is 51.0 Å². The number of thioether (sulfide) groups is 1. The molecular formula is C26H33ClN2O3S. The van der Waals surface area contributed by atoms with Crippen LogP contribution in [-0.4, -0.2) is 41.7 Å². The number of amides is 2. The van der Waals surface area contributed by atoms with Crippen molar-refractivity contribution in [2.24, 2.45) is 0 Å². The Morgan fingerprint density at radius 1 is 1.18 bits per heavy atom. The van der Waals surface area contributed by atoms with Crippen LogP contribution >= 0.6 is 23.4 Å². The van der Waals surface area contributed by atoms with Gasteiger partial charge in [0.25, 0.3) is 0 Å². The van der Waals surface area contributed by atoms with E-state index in [0.717, 1.165) is 41.9 Å². The van der Waals surface area contributed by atoms with Crippen LogP contribution in [-0.2, 0) is 16.1 Å². The molecule has 2 amide bonds. The standard InChI is InChI=1S/C26H33ClN2O3S/c1-3-24(26(31)28-21-8-4-5-9-21)29(18-19-7-6-10-22(17-19)32-2)25(30)15-16-33-23-13-11-20(27)12-14-23/h6-7,10-14,17,21,24H,3-5,8-9,15-16,18H2,1-2H3,(H,28,31)/t24-/m1/s1. The fourth-order valence-corrected chi connectivity index (χ4v) is 5.15. The number of halogens is 1. The van der Waals surface area contributed by atoms with Gasteiger partial charge in [-0.1, -0.05) is 43.5 Å². The highest BCUT2D eigenvalue weighted by Crippen LogP contribution is 2.24. The van der Waals surface area contributed by atoms with Gasteiger partial charge in [0, 0.05) is 34.7 Å². The Morgan fingerprint density at radius 2 is 1.91 bits per heavy atom. The molecule has 0 spiro atoms. The predicted molar refractivity (Wildman–Crippen MR) is 135 cm³/mol. The monoisotopic (exact) mass is 488 g/mol. The van der Waals surface area contributed by atoms with Crippen LogP contribution in [0, 0.1) is 0 Å². The zero-order valence-corrected chi connectivity index (χ0v) is 21.0. The van der Waals surface area contributed by atoms with Crippen molar-refractivity contribution in [1.29, 1.82) is 0 Å². The highest BCUT2D eigenvalue weighted by molar-refractivity contribution is 7.99. The maximum absolute atomic E-state index is 13.4. The molecule has 7 heteroatoms. The van der Waals surface area contributed by atoms with Crippen LogP contribution in [0.5, 0.6) is 5.75 Å². The van der Waals surface area contributed by atoms with Gasteiger partial charge in [-0.15, -0.1) is 11.8 Å². The van der Waals surface area contributed by atoms with Crippen LogP contribution in [0.4, 0.5) is 0 Å². The number of hydrogen-bond donors (Lipinski definition) is 1. The predicted octanol–water partition coefficient (Wildman–Crippen LogP) is 5.70. The molecule has 0 saturated heterocycles. The molecule has 0 unspecified atom stereocenters. The van der Waals surface area contributed by atoms with Crippen LogP contribution in [0.2, 0.25) is 5.02 Å². The number of nitrogens with zero attached hydrogens (tertiary/aromatic N) is 1. The molecule has 5 nitrogen and oxygen atoms in total. The summed E-state index contributed by atoms with van der Waals surface area (Å²) in [5.41, 5.74) is 0.945. The number of carbonyl (C=O) groups is 2. The van der Waals surface area contributed by atoms with Crippen LogP contribution in [0.15, 0.2) is 53.4 Å². The molecule has 1 atom stereocenters. The van der Waals surface area contributed by atoms with Crippen LogP contribution < -0.4 is 10.1 Å². The second-order valence-corrected chi connectivity index (χ2v) is 9.94. The fraction of sp³-hybridized carbons (Fsp3) is 0.462. The van der Waals surface area contributed by atoms with Gasteiger partial charge in [-0.2, -0.15) is 0 Å². The van der Waals surface area contributed by atoms with Crippen molar-refractivity contribution in [2.45, 2.75) is 69.0 Å². The molecule has 3 rings (SSSR count). The molecular weight excluding hydrogens is 456 g/mol. The van der Waals surface area contributed by atoms with Gasteiger partial charge in [0.05, 0.1) is 7.11 Å². The second-order valence-electron chi connectivity index (χ2n) is 8.34. The first kappa shape index (κ1) is 25.4. The Labute approximate surface area is 206 Å². The molecule has 0 aromatic heterocycles. The summed E-state index contributed by atoms with van der Waals surface area (Å²) in [4.78, 5) is 29.3. The highest BCUT2D eigenvalue weighted by Gasteiger charge is 2.30. The summed E-state index contributed by atoms with van der Waals surface area (Å²) in [7, 11) is 1.62. The minimum absolute atomic E-state index is 0.0206. The van der Waals surface area contributed by atoms with E-state index in [2.05, 4.69) is 5.32 Å². The summed E-state index contributed by atoms with van der Waals surface area (Å²) in [5.74, 6) is 1.30. The van der Waals surface area contributed by atoms with E-state index in [1.54, 1.807) is 23.8 Å². The van der Waals surface area contributed by atoms with E-state index in [0.29, 0.717) is 30.2 Å². The average molecular weight is 489 g/mol. The summed E-state index contributed by atoms with van der Waals surface area (Å²) in [6.45, 7) is 2.34. The quantitative estimate of drug-likeness (QED) is 0.412. The highest BCUT2D eigenvalue weighted by atomic mass is 35.5. The number of carbonyl (C=O) groups excluding carboxylic acids is 2. The molecule has 0 heterocycles. The molecule has 0 bridgehead atoms. The molecule has 0 radical (unpaired) electrons. The van der Waals surface area contributed by atoms with E-state index in [-0.39, 0.29) is 17.9 Å². The lowest BCUT2D eigenvalue weighted by Crippen LogP contribution is -2.51. The lowest BCUT2D eigenvalue weighted by molar-refractivity contribution is -0.141. The molecule has 0 aliphatic heterocycles. The third-order valence-corrected chi connectivity index (χ3v) is 7.24. The minimum Gasteiger partial charge on any atom is -0.497 e. The molecule has 1 N–H and O–H groups in total. The second kappa shape index (κ2) is 12.9. The molecule has 178 valence electrons. The molecule has 1 aliphatic carbocycles. The van der Waals surface area contributed by atoms with Gasteiger partial charge < -0.3 is 15.0 Å². The van der Waals surface area contributed by atoms with Gasteiger partial charge in [0.2, 0.25) is 11.8 Å². The lowest BCUT2D eigenvalue weighted by atomic mass is 10.1. The van der Waals surface area contributed by atoms with Crippen molar-refractivity contribution in [3.8, 4) is 5.75 Å². The van der Waals surface area contributed by atoms with Crippen molar-refractivity contribution < 1.29 is 14.3 Å². The number of rotatable bonds is 11. The third-order valence-electron chi connectivity index (χ3n) is 5.97. The Kier molecular flexibility index (Phi) is 9.95. The zero-order chi connectivity index (χ0) is 23.6. The summed E-state index contributed by atoms with van der Waals surface area (Å²) in [6.07, 6.45) is 5.25. The molecule has 2 aromatic carbocycles. The van der Waals surface area contributed by atoms with E-state index in [1.807, 2.05) is 55.5 Å². The van der Waals surface area contributed by atoms with Crippen LogP contribution in [0.25, 0.3) is 0 Å². The van der Waals surface area contributed by atoms with Crippen molar-refractivity contribution in [2.75, 3.05) is 12.9 Å². The smallest absolute Gasteiger partial charge is 0.243 e. The molecule has 2 aromatic rings. The van der Waals surface area contributed by atoms with Gasteiger partial charge in [0.15, 0.2) is 0 Å². The minimum atomic E-state index is -0.496. The SMILES string of the molecule is CC[C@H](C(=O)NC1CCCC1)N(Cc1cccc(OC)c1)C(=O)CCSc1ccc(Cl)cc1. The maximum Gasteiger partial charge on any atom is 0.243 e. The topological polar surface area (TPSA) is 58.6 Å². The number of benzene rings is 2. The van der Waals surface area contributed by atoms with Gasteiger partial charge in [-0.05, 0) is 61.2 Å². The average Bonchev–Trinajstić information content (AvgIpc) is 3.33. The van der Waals surface area contributed by atoms with Gasteiger partial charge >= 0.3 is 0 Å². The Bertz CT molecular complexity index is 916. The van der Waals surface area contributed by atoms with E-state index < -0.39 is 6.04 Å². The number of hydrogen-bond acceptors (Lipinski definition) is 4. The van der Waals surface area contributed by atoms with E-state index in [1.165, 1.54) is 0 Å². The molecule has 33 heavy (non-hydrogen) atoms. The summed E-state index contributed by atoms with van der Waals surface area (Å²) in [6, 6.07) is 15.0. The third kappa shape index (κ3) is 7.68. The Morgan fingerprint density at radius 3 is 2.58 bits per heavy atom. The summed E-state index contributed by atoms with van der Waals surface area (Å²) in [5, 5.41) is 3.88. The molecule has 1 aliphatic rings. The lowest BCUT2D eigenvalue weighted by Gasteiger charge is -2.31. The summed E-state index contributed by atoms with van der Waals surface area (Å²) < 4.78 is 5.35. The Balaban J connectivity index is 1.71. The van der Waals surface area contributed by atoms with Crippen LogP contribution in [0.3, 0.4) is 0 Å². The first-order valence-electron chi connectivity index (χ1n) is 11.6.